The van der Waals surface area contributed by atoms with Crippen LogP contribution in [-0.4, -0.2) is 54.4 Å². The van der Waals surface area contributed by atoms with Crippen molar-refractivity contribution in [2.24, 2.45) is 0 Å². The molecule has 0 bridgehead atoms. The summed E-state index contributed by atoms with van der Waals surface area (Å²) in [6.07, 6.45) is 9.13. The first-order chi connectivity index (χ1) is 13.6. The van der Waals surface area contributed by atoms with Crippen LogP contribution in [0, 0.1) is 0 Å². The lowest BCUT2D eigenvalue weighted by molar-refractivity contribution is -0.129. The molecule has 0 aliphatic carbocycles. The van der Waals surface area contributed by atoms with Gasteiger partial charge in [-0.3, -0.25) is 9.78 Å². The first-order valence-corrected chi connectivity index (χ1v) is 9.97. The van der Waals surface area contributed by atoms with Crippen LogP contribution in [0.3, 0.4) is 0 Å². The quantitative estimate of drug-likeness (QED) is 0.656. The predicted octanol–water partition coefficient (Wildman–Crippen LogP) is 3.76. The summed E-state index contributed by atoms with van der Waals surface area (Å²) in [6, 6.07) is 8.34. The Morgan fingerprint density at radius 2 is 1.96 bits per heavy atom. The van der Waals surface area contributed by atoms with Gasteiger partial charge in [0.15, 0.2) is 0 Å². The first kappa shape index (κ1) is 18.7. The van der Waals surface area contributed by atoms with Crippen LogP contribution in [0.5, 0.6) is 0 Å². The maximum absolute atomic E-state index is 12.5. The standard InChI is InChI=1S/C23H27N3O2/c1-25(2)10-7-19-16-28-22-6-5-18(13-21(19)22)20-11-17(14-24-15-20)12-23(27)26-8-3-4-9-26/h5-6,11,13-16H,3-4,7-10,12H2,1-2H3. The minimum atomic E-state index is 0.202. The van der Waals surface area contributed by atoms with Crippen LogP contribution >= 0.6 is 0 Å². The Kier molecular flexibility index (Phi) is 5.44. The number of carbonyl (C=O) groups is 1. The smallest absolute Gasteiger partial charge is 0.227 e. The maximum atomic E-state index is 12.5. The lowest BCUT2D eigenvalue weighted by atomic mass is 10.0. The molecule has 1 aliphatic rings. The summed E-state index contributed by atoms with van der Waals surface area (Å²) in [5.41, 5.74) is 5.23. The van der Waals surface area contributed by atoms with E-state index in [1.165, 1.54) is 5.56 Å². The highest BCUT2D eigenvalue weighted by Crippen LogP contribution is 2.28. The topological polar surface area (TPSA) is 49.6 Å². The van der Waals surface area contributed by atoms with Crippen molar-refractivity contribution < 1.29 is 9.21 Å². The van der Waals surface area contributed by atoms with Crippen LogP contribution in [0.25, 0.3) is 22.1 Å². The summed E-state index contributed by atoms with van der Waals surface area (Å²) >= 11 is 0. The Hall–Kier alpha value is -2.66. The Labute approximate surface area is 166 Å². The van der Waals surface area contributed by atoms with E-state index >= 15 is 0 Å². The Balaban J connectivity index is 1.57. The molecule has 5 nitrogen and oxygen atoms in total. The van der Waals surface area contributed by atoms with Gasteiger partial charge >= 0.3 is 0 Å². The van der Waals surface area contributed by atoms with E-state index in [0.29, 0.717) is 6.42 Å². The molecule has 1 fully saturated rings. The molecule has 146 valence electrons. The zero-order valence-electron chi connectivity index (χ0n) is 16.6. The van der Waals surface area contributed by atoms with Gasteiger partial charge in [-0.1, -0.05) is 6.07 Å². The first-order valence-electron chi connectivity index (χ1n) is 9.97. The summed E-state index contributed by atoms with van der Waals surface area (Å²) in [4.78, 5) is 21.0. The second-order valence-corrected chi connectivity index (χ2v) is 7.87. The molecule has 1 amide bonds. The average Bonchev–Trinajstić information content (AvgIpc) is 3.36. The van der Waals surface area contributed by atoms with Crippen LogP contribution < -0.4 is 0 Å². The fourth-order valence-corrected chi connectivity index (χ4v) is 3.79. The van der Waals surface area contributed by atoms with Crippen LogP contribution in [-0.2, 0) is 17.6 Å². The van der Waals surface area contributed by atoms with Crippen molar-refractivity contribution in [2.45, 2.75) is 25.7 Å². The summed E-state index contributed by atoms with van der Waals surface area (Å²) in [5.74, 6) is 0.202. The van der Waals surface area contributed by atoms with Gasteiger partial charge in [0, 0.05) is 43.0 Å². The summed E-state index contributed by atoms with van der Waals surface area (Å²) < 4.78 is 5.72. The van der Waals surface area contributed by atoms with Crippen LogP contribution in [0.4, 0.5) is 0 Å². The molecule has 0 saturated carbocycles. The van der Waals surface area contributed by atoms with E-state index in [1.807, 2.05) is 23.4 Å². The van der Waals surface area contributed by atoms with E-state index < -0.39 is 0 Å². The third-order valence-corrected chi connectivity index (χ3v) is 5.42. The molecule has 1 aliphatic heterocycles. The predicted molar refractivity (Wildman–Crippen MR) is 111 cm³/mol. The van der Waals surface area contributed by atoms with Gasteiger partial charge in [0.25, 0.3) is 0 Å². The number of benzene rings is 1. The molecule has 2 aromatic heterocycles. The van der Waals surface area contributed by atoms with Gasteiger partial charge in [0.2, 0.25) is 5.91 Å². The molecule has 1 aromatic carbocycles. The number of carbonyl (C=O) groups excluding carboxylic acids is 1. The third kappa shape index (κ3) is 4.09. The molecule has 28 heavy (non-hydrogen) atoms. The minimum absolute atomic E-state index is 0.202. The average molecular weight is 377 g/mol. The Bertz CT molecular complexity index is 971. The number of likely N-dealkylation sites (tertiary alicyclic amines) is 1. The number of hydrogen-bond donors (Lipinski definition) is 0. The number of fused-ring (bicyclic) bond motifs is 1. The lowest BCUT2D eigenvalue weighted by Gasteiger charge is -2.15. The Morgan fingerprint density at radius 3 is 2.75 bits per heavy atom. The fourth-order valence-electron chi connectivity index (χ4n) is 3.79. The van der Waals surface area contributed by atoms with Gasteiger partial charge < -0.3 is 14.2 Å². The zero-order valence-corrected chi connectivity index (χ0v) is 16.6. The van der Waals surface area contributed by atoms with Gasteiger partial charge in [-0.15, -0.1) is 0 Å². The van der Waals surface area contributed by atoms with Gasteiger partial charge in [-0.05, 0) is 68.2 Å². The largest absolute Gasteiger partial charge is 0.464 e. The third-order valence-electron chi connectivity index (χ3n) is 5.42. The highest BCUT2D eigenvalue weighted by molar-refractivity contribution is 5.86. The maximum Gasteiger partial charge on any atom is 0.227 e. The van der Waals surface area contributed by atoms with Crippen molar-refractivity contribution in [3.05, 3.63) is 54.0 Å². The van der Waals surface area contributed by atoms with Gasteiger partial charge in [-0.2, -0.15) is 0 Å². The molecule has 0 N–H and O–H groups in total. The van der Waals surface area contributed by atoms with E-state index in [-0.39, 0.29) is 5.91 Å². The van der Waals surface area contributed by atoms with E-state index in [2.05, 4.69) is 42.2 Å². The highest BCUT2D eigenvalue weighted by atomic mass is 16.3. The van der Waals surface area contributed by atoms with E-state index in [9.17, 15) is 4.79 Å². The fraction of sp³-hybridized carbons (Fsp3) is 0.391. The van der Waals surface area contributed by atoms with Gasteiger partial charge in [-0.25, -0.2) is 0 Å². The number of pyridine rings is 1. The lowest BCUT2D eigenvalue weighted by Crippen LogP contribution is -2.29. The van der Waals surface area contributed by atoms with Crippen molar-refractivity contribution in [1.82, 2.24) is 14.8 Å². The van der Waals surface area contributed by atoms with Crippen molar-refractivity contribution in [1.29, 1.82) is 0 Å². The van der Waals surface area contributed by atoms with Crippen LogP contribution in [0.15, 0.2) is 47.3 Å². The molecule has 3 aromatic rings. The molecule has 0 radical (unpaired) electrons. The highest BCUT2D eigenvalue weighted by Gasteiger charge is 2.18. The monoisotopic (exact) mass is 377 g/mol. The molecule has 0 atom stereocenters. The van der Waals surface area contributed by atoms with Crippen molar-refractivity contribution in [3.63, 3.8) is 0 Å². The van der Waals surface area contributed by atoms with Crippen molar-refractivity contribution >= 4 is 16.9 Å². The number of furan rings is 1. The number of hydrogen-bond acceptors (Lipinski definition) is 4. The molecule has 4 rings (SSSR count). The summed E-state index contributed by atoms with van der Waals surface area (Å²) in [7, 11) is 4.16. The van der Waals surface area contributed by atoms with Gasteiger partial charge in [0.05, 0.1) is 12.7 Å². The molecule has 0 unspecified atom stereocenters. The second kappa shape index (κ2) is 8.15. The SMILES string of the molecule is CN(C)CCc1coc2ccc(-c3cncc(CC(=O)N4CCCC4)c3)cc12. The molecule has 3 heterocycles. The van der Waals surface area contributed by atoms with Gasteiger partial charge in [0.1, 0.15) is 5.58 Å². The summed E-state index contributed by atoms with van der Waals surface area (Å²) in [6.45, 7) is 2.76. The van der Waals surface area contributed by atoms with E-state index in [0.717, 1.165) is 66.6 Å². The second-order valence-electron chi connectivity index (χ2n) is 7.87. The molecule has 0 spiro atoms. The number of amides is 1. The molecule has 5 heteroatoms. The number of nitrogens with zero attached hydrogens (tertiary/aromatic N) is 3. The Morgan fingerprint density at radius 1 is 1.14 bits per heavy atom. The molecular weight excluding hydrogens is 350 g/mol. The summed E-state index contributed by atoms with van der Waals surface area (Å²) in [5, 5.41) is 1.15. The number of likely N-dealkylation sites (N-methyl/N-ethyl adjacent to an activating group) is 1. The number of rotatable bonds is 6. The van der Waals surface area contributed by atoms with Crippen LogP contribution in [0.2, 0.25) is 0 Å². The van der Waals surface area contributed by atoms with E-state index in [1.54, 1.807) is 6.20 Å². The van der Waals surface area contributed by atoms with Crippen LogP contribution in [0.1, 0.15) is 24.0 Å². The molecule has 1 saturated heterocycles. The normalized spacial score (nSPS) is 14.3. The van der Waals surface area contributed by atoms with E-state index in [4.69, 9.17) is 4.42 Å². The zero-order chi connectivity index (χ0) is 19.5. The van der Waals surface area contributed by atoms with Crippen molar-refractivity contribution in [2.75, 3.05) is 33.7 Å². The van der Waals surface area contributed by atoms with Crippen molar-refractivity contribution in [3.8, 4) is 11.1 Å². The minimum Gasteiger partial charge on any atom is -0.464 e. The number of aromatic nitrogens is 1. The molecular formula is C23H27N3O2.